The summed E-state index contributed by atoms with van der Waals surface area (Å²) in [4.78, 5) is 12.2. The molecular weight excluding hydrogens is 294 g/mol. The zero-order chi connectivity index (χ0) is 16.2. The van der Waals surface area contributed by atoms with Gasteiger partial charge in [-0.05, 0) is 42.4 Å². The molecule has 2 atom stereocenters. The van der Waals surface area contributed by atoms with Crippen molar-refractivity contribution >= 4 is 5.91 Å². The molecule has 0 saturated carbocycles. The van der Waals surface area contributed by atoms with Crippen LogP contribution in [0.3, 0.4) is 0 Å². The van der Waals surface area contributed by atoms with Crippen molar-refractivity contribution in [1.29, 1.82) is 0 Å². The molecule has 1 fully saturated rings. The number of amides is 1. The van der Waals surface area contributed by atoms with Crippen molar-refractivity contribution in [2.75, 3.05) is 13.4 Å². The minimum Gasteiger partial charge on any atom is -0.454 e. The molecule has 0 aliphatic carbocycles. The van der Waals surface area contributed by atoms with Gasteiger partial charge in [-0.1, -0.05) is 19.9 Å². The lowest BCUT2D eigenvalue weighted by atomic mass is 9.88. The highest BCUT2D eigenvalue weighted by Crippen LogP contribution is 2.32. The van der Waals surface area contributed by atoms with Crippen LogP contribution in [0.2, 0.25) is 0 Å². The van der Waals surface area contributed by atoms with Crippen LogP contribution >= 0.6 is 0 Å². The zero-order valence-electron chi connectivity index (χ0n) is 13.8. The highest BCUT2D eigenvalue weighted by molar-refractivity contribution is 5.76. The van der Waals surface area contributed by atoms with Gasteiger partial charge in [0.05, 0.1) is 6.10 Å². The number of nitrogens with one attached hydrogen (secondary N) is 1. The summed E-state index contributed by atoms with van der Waals surface area (Å²) in [6.07, 6.45) is 2.82. The molecular formula is C18H25NO4. The summed E-state index contributed by atoms with van der Waals surface area (Å²) in [6, 6.07) is 5.76. The van der Waals surface area contributed by atoms with Crippen molar-refractivity contribution < 1.29 is 19.0 Å². The van der Waals surface area contributed by atoms with Crippen LogP contribution in [0, 0.1) is 11.8 Å². The van der Waals surface area contributed by atoms with Gasteiger partial charge in [-0.15, -0.1) is 0 Å². The van der Waals surface area contributed by atoms with E-state index in [1.807, 2.05) is 18.2 Å². The van der Waals surface area contributed by atoms with Crippen LogP contribution in [-0.2, 0) is 16.1 Å². The molecule has 23 heavy (non-hydrogen) atoms. The Balaban J connectivity index is 1.46. The Bertz CT molecular complexity index is 558. The van der Waals surface area contributed by atoms with Gasteiger partial charge in [0.15, 0.2) is 11.5 Å². The molecule has 1 saturated heterocycles. The second kappa shape index (κ2) is 7.21. The summed E-state index contributed by atoms with van der Waals surface area (Å²) in [5, 5.41) is 3.01. The van der Waals surface area contributed by atoms with Gasteiger partial charge in [0, 0.05) is 19.6 Å². The van der Waals surface area contributed by atoms with Crippen molar-refractivity contribution in [2.24, 2.45) is 11.8 Å². The van der Waals surface area contributed by atoms with E-state index in [-0.39, 0.29) is 18.8 Å². The number of hydrogen-bond donors (Lipinski definition) is 1. The van der Waals surface area contributed by atoms with Gasteiger partial charge >= 0.3 is 0 Å². The maximum absolute atomic E-state index is 12.2. The second-order valence-corrected chi connectivity index (χ2v) is 6.71. The van der Waals surface area contributed by atoms with Crippen LogP contribution < -0.4 is 14.8 Å². The summed E-state index contributed by atoms with van der Waals surface area (Å²) in [6.45, 7) is 5.90. The standard InChI is InChI=1S/C18H25NO4/c1-12(2)16-7-13(5-6-21-16)9-18(20)19-10-14-3-4-15-17(8-14)23-11-22-15/h3-4,8,12-13,16H,5-7,9-11H2,1-2H3,(H,19,20)/t13-,16+/m0/s1. The molecule has 0 bridgehead atoms. The fourth-order valence-corrected chi connectivity index (χ4v) is 3.14. The molecule has 0 radical (unpaired) electrons. The number of carbonyl (C=O) groups excluding carboxylic acids is 1. The predicted octanol–water partition coefficient (Wildman–Crippen LogP) is 2.87. The summed E-state index contributed by atoms with van der Waals surface area (Å²) >= 11 is 0. The van der Waals surface area contributed by atoms with E-state index in [9.17, 15) is 4.79 Å². The van der Waals surface area contributed by atoms with Gasteiger partial charge in [-0.3, -0.25) is 4.79 Å². The number of rotatable bonds is 5. The van der Waals surface area contributed by atoms with E-state index < -0.39 is 0 Å². The predicted molar refractivity (Wildman–Crippen MR) is 86.3 cm³/mol. The molecule has 0 spiro atoms. The first-order valence-corrected chi connectivity index (χ1v) is 8.38. The Kier molecular flexibility index (Phi) is 5.06. The molecule has 5 heteroatoms. The lowest BCUT2D eigenvalue weighted by Gasteiger charge is -2.31. The lowest BCUT2D eigenvalue weighted by Crippen LogP contribution is -2.33. The average Bonchev–Trinajstić information content (AvgIpc) is 3.01. The Hall–Kier alpha value is -1.75. The van der Waals surface area contributed by atoms with Gasteiger partial charge in [-0.25, -0.2) is 0 Å². The summed E-state index contributed by atoms with van der Waals surface area (Å²) < 4.78 is 16.4. The average molecular weight is 319 g/mol. The van der Waals surface area contributed by atoms with Crippen LogP contribution in [-0.4, -0.2) is 25.4 Å². The smallest absolute Gasteiger partial charge is 0.231 e. The molecule has 5 nitrogen and oxygen atoms in total. The Morgan fingerprint density at radius 1 is 1.30 bits per heavy atom. The first-order chi connectivity index (χ1) is 11.1. The van der Waals surface area contributed by atoms with Crippen molar-refractivity contribution in [3.63, 3.8) is 0 Å². The molecule has 2 aliphatic heterocycles. The fraction of sp³-hybridized carbons (Fsp3) is 0.611. The van der Waals surface area contributed by atoms with Crippen LogP contribution in [0.4, 0.5) is 0 Å². The third kappa shape index (κ3) is 4.16. The van der Waals surface area contributed by atoms with E-state index in [1.54, 1.807) is 0 Å². The fourth-order valence-electron chi connectivity index (χ4n) is 3.14. The van der Waals surface area contributed by atoms with Gasteiger partial charge in [-0.2, -0.15) is 0 Å². The van der Waals surface area contributed by atoms with E-state index >= 15 is 0 Å². The first kappa shape index (κ1) is 16.1. The van der Waals surface area contributed by atoms with E-state index in [0.717, 1.165) is 36.5 Å². The monoisotopic (exact) mass is 319 g/mol. The topological polar surface area (TPSA) is 56.8 Å². The maximum atomic E-state index is 12.2. The molecule has 2 heterocycles. The molecule has 0 unspecified atom stereocenters. The first-order valence-electron chi connectivity index (χ1n) is 8.38. The van der Waals surface area contributed by atoms with Crippen molar-refractivity contribution in [3.8, 4) is 11.5 Å². The largest absolute Gasteiger partial charge is 0.454 e. The maximum Gasteiger partial charge on any atom is 0.231 e. The quantitative estimate of drug-likeness (QED) is 0.906. The second-order valence-electron chi connectivity index (χ2n) is 6.71. The van der Waals surface area contributed by atoms with Crippen LogP contribution in [0.5, 0.6) is 11.5 Å². The van der Waals surface area contributed by atoms with Crippen LogP contribution in [0.15, 0.2) is 18.2 Å². The van der Waals surface area contributed by atoms with Crippen LogP contribution in [0.1, 0.15) is 38.7 Å². The third-order valence-electron chi connectivity index (χ3n) is 4.57. The minimum atomic E-state index is 0.108. The zero-order valence-corrected chi connectivity index (χ0v) is 13.8. The summed E-state index contributed by atoms with van der Waals surface area (Å²) in [7, 11) is 0. The molecule has 1 aromatic carbocycles. The normalized spacial score (nSPS) is 23.1. The molecule has 126 valence electrons. The Labute approximate surface area is 137 Å². The van der Waals surface area contributed by atoms with Crippen molar-refractivity contribution in [2.45, 2.75) is 45.8 Å². The number of hydrogen-bond acceptors (Lipinski definition) is 4. The van der Waals surface area contributed by atoms with Gasteiger partial charge in [0.2, 0.25) is 12.7 Å². The lowest BCUT2D eigenvalue weighted by molar-refractivity contribution is -0.123. The number of benzene rings is 1. The minimum absolute atomic E-state index is 0.108. The summed E-state index contributed by atoms with van der Waals surface area (Å²) in [5.41, 5.74) is 1.02. The highest BCUT2D eigenvalue weighted by Gasteiger charge is 2.26. The van der Waals surface area contributed by atoms with E-state index in [0.29, 0.717) is 24.8 Å². The van der Waals surface area contributed by atoms with Crippen molar-refractivity contribution in [3.05, 3.63) is 23.8 Å². The molecule has 0 aromatic heterocycles. The van der Waals surface area contributed by atoms with E-state index in [2.05, 4.69) is 19.2 Å². The molecule has 1 aromatic rings. The van der Waals surface area contributed by atoms with E-state index in [1.165, 1.54) is 0 Å². The Morgan fingerprint density at radius 3 is 2.96 bits per heavy atom. The van der Waals surface area contributed by atoms with Crippen molar-refractivity contribution in [1.82, 2.24) is 5.32 Å². The number of ether oxygens (including phenoxy) is 3. The van der Waals surface area contributed by atoms with Gasteiger partial charge in [0.25, 0.3) is 0 Å². The number of carbonyl (C=O) groups is 1. The van der Waals surface area contributed by atoms with Gasteiger partial charge < -0.3 is 19.5 Å². The van der Waals surface area contributed by atoms with Gasteiger partial charge in [0.1, 0.15) is 0 Å². The molecule has 2 aliphatic rings. The molecule has 3 rings (SSSR count). The van der Waals surface area contributed by atoms with Crippen LogP contribution in [0.25, 0.3) is 0 Å². The molecule has 1 N–H and O–H groups in total. The summed E-state index contributed by atoms with van der Waals surface area (Å²) in [5.74, 6) is 2.56. The highest BCUT2D eigenvalue weighted by atomic mass is 16.7. The number of fused-ring (bicyclic) bond motifs is 1. The Morgan fingerprint density at radius 2 is 2.13 bits per heavy atom. The SMILES string of the molecule is CC(C)[C@H]1C[C@@H](CC(=O)NCc2ccc3c(c2)OCO3)CCO1. The van der Waals surface area contributed by atoms with E-state index in [4.69, 9.17) is 14.2 Å². The third-order valence-corrected chi connectivity index (χ3v) is 4.57. The molecule has 1 amide bonds.